The molecule has 0 radical (unpaired) electrons. The molecule has 2 aromatic rings. The first-order valence-corrected chi connectivity index (χ1v) is 13.2. The standard InChI is InChI=1S/C27H41N7O2/c1-6-22-26(29-19-7-10-21(35)11-8-19)32-27(24(31-22)25(28)36)30-20-9-12-23(16(2)13-20)34-15-17(3)33(5)14-18(34)4/h9,12-13,17-19,21,35H,6-8,10-11,14-15H2,1-5H3,(H2,28,36)(H2,29,30,32)/t17-,18+,19-,21-/m0/s1. The molecular formula is C27H41N7O2. The molecule has 9 nitrogen and oxygen atoms in total. The van der Waals surface area contributed by atoms with Gasteiger partial charge in [0.2, 0.25) is 0 Å². The largest absolute Gasteiger partial charge is 0.393 e. The zero-order valence-electron chi connectivity index (χ0n) is 22.2. The number of amides is 1. The predicted molar refractivity (Wildman–Crippen MR) is 145 cm³/mol. The number of aryl methyl sites for hydroxylation is 2. The van der Waals surface area contributed by atoms with Crippen LogP contribution in [0, 0.1) is 6.92 Å². The molecule has 1 aromatic heterocycles. The van der Waals surface area contributed by atoms with Crippen molar-refractivity contribution < 1.29 is 9.90 Å². The van der Waals surface area contributed by atoms with E-state index in [1.165, 1.54) is 5.69 Å². The summed E-state index contributed by atoms with van der Waals surface area (Å²) in [5.41, 5.74) is 9.75. The van der Waals surface area contributed by atoms with E-state index in [9.17, 15) is 9.90 Å². The smallest absolute Gasteiger partial charge is 0.271 e. The van der Waals surface area contributed by atoms with Crippen LogP contribution in [0.15, 0.2) is 18.2 Å². The van der Waals surface area contributed by atoms with Crippen LogP contribution in [0.1, 0.15) is 68.2 Å². The number of carbonyl (C=O) groups excluding carboxylic acids is 1. The van der Waals surface area contributed by atoms with E-state index in [4.69, 9.17) is 10.7 Å². The molecule has 0 spiro atoms. The fourth-order valence-electron chi connectivity index (χ4n) is 5.33. The van der Waals surface area contributed by atoms with E-state index < -0.39 is 5.91 Å². The van der Waals surface area contributed by atoms with E-state index in [1.807, 2.05) is 13.0 Å². The van der Waals surface area contributed by atoms with Gasteiger partial charge in [-0.25, -0.2) is 9.97 Å². The summed E-state index contributed by atoms with van der Waals surface area (Å²) in [4.78, 5) is 26.5. The van der Waals surface area contributed by atoms with E-state index >= 15 is 0 Å². The van der Waals surface area contributed by atoms with Crippen molar-refractivity contribution in [3.8, 4) is 0 Å². The third-order valence-electron chi connectivity index (χ3n) is 7.64. The number of aliphatic hydroxyl groups is 1. The summed E-state index contributed by atoms with van der Waals surface area (Å²) in [6, 6.07) is 7.37. The maximum atomic E-state index is 12.3. The van der Waals surface area contributed by atoms with Crippen molar-refractivity contribution in [2.24, 2.45) is 5.73 Å². The SMILES string of the molecule is CCc1nc(C(N)=O)c(Nc2ccc(N3C[C@H](C)N(C)C[C@H]3C)c(C)c2)nc1N[C@H]1CC[C@H](O)CC1. The molecule has 1 aliphatic carbocycles. The van der Waals surface area contributed by atoms with Gasteiger partial charge in [0.25, 0.3) is 5.91 Å². The molecule has 0 bridgehead atoms. The van der Waals surface area contributed by atoms with Gasteiger partial charge >= 0.3 is 0 Å². The number of hydrogen-bond donors (Lipinski definition) is 4. The maximum absolute atomic E-state index is 12.3. The van der Waals surface area contributed by atoms with Gasteiger partial charge in [-0.05, 0) is 83.7 Å². The minimum atomic E-state index is -0.611. The van der Waals surface area contributed by atoms with Crippen LogP contribution in [0.2, 0.25) is 0 Å². The highest BCUT2D eigenvalue weighted by atomic mass is 16.3. The van der Waals surface area contributed by atoms with Crippen molar-refractivity contribution >= 4 is 28.9 Å². The topological polar surface area (TPSA) is 120 Å². The molecule has 1 saturated carbocycles. The average molecular weight is 496 g/mol. The molecule has 4 rings (SSSR count). The summed E-state index contributed by atoms with van der Waals surface area (Å²) in [7, 11) is 2.18. The number of hydrogen-bond acceptors (Lipinski definition) is 8. The highest BCUT2D eigenvalue weighted by molar-refractivity contribution is 5.96. The van der Waals surface area contributed by atoms with E-state index in [0.29, 0.717) is 35.8 Å². The summed E-state index contributed by atoms with van der Waals surface area (Å²) < 4.78 is 0. The van der Waals surface area contributed by atoms with Crippen molar-refractivity contribution in [2.45, 2.75) is 84.0 Å². The molecule has 5 N–H and O–H groups in total. The van der Waals surface area contributed by atoms with Gasteiger partial charge < -0.3 is 26.4 Å². The number of benzene rings is 1. The molecule has 1 aliphatic heterocycles. The van der Waals surface area contributed by atoms with Crippen LogP contribution < -0.4 is 21.3 Å². The molecule has 1 aromatic carbocycles. The number of primary amides is 1. The summed E-state index contributed by atoms with van der Waals surface area (Å²) in [6.07, 6.45) is 3.69. The lowest BCUT2D eigenvalue weighted by Gasteiger charge is -2.44. The van der Waals surface area contributed by atoms with Gasteiger partial charge in [0.05, 0.1) is 11.8 Å². The molecular weight excluding hydrogens is 454 g/mol. The lowest BCUT2D eigenvalue weighted by atomic mass is 9.93. The minimum Gasteiger partial charge on any atom is -0.393 e. The molecule has 1 amide bonds. The Morgan fingerprint density at radius 2 is 1.83 bits per heavy atom. The van der Waals surface area contributed by atoms with Crippen molar-refractivity contribution in [3.05, 3.63) is 35.2 Å². The summed E-state index contributed by atoms with van der Waals surface area (Å²) in [5.74, 6) is 0.410. The van der Waals surface area contributed by atoms with Crippen molar-refractivity contribution in [1.82, 2.24) is 14.9 Å². The first-order valence-electron chi connectivity index (χ1n) is 13.2. The van der Waals surface area contributed by atoms with Gasteiger partial charge in [0.15, 0.2) is 11.5 Å². The van der Waals surface area contributed by atoms with Crippen LogP contribution in [0.5, 0.6) is 0 Å². The van der Waals surface area contributed by atoms with Gasteiger partial charge in [-0.2, -0.15) is 0 Å². The molecule has 36 heavy (non-hydrogen) atoms. The van der Waals surface area contributed by atoms with Gasteiger partial charge in [0, 0.05) is 42.6 Å². The monoisotopic (exact) mass is 495 g/mol. The number of aliphatic hydroxyl groups excluding tert-OH is 1. The van der Waals surface area contributed by atoms with Crippen LogP contribution in [-0.4, -0.2) is 70.2 Å². The highest BCUT2D eigenvalue weighted by Gasteiger charge is 2.28. The average Bonchev–Trinajstić information content (AvgIpc) is 2.83. The Hall–Kier alpha value is -2.91. The zero-order valence-corrected chi connectivity index (χ0v) is 22.2. The molecule has 1 saturated heterocycles. The first kappa shape index (κ1) is 26.2. The number of nitrogens with zero attached hydrogens (tertiary/aromatic N) is 4. The second-order valence-corrected chi connectivity index (χ2v) is 10.5. The molecule has 9 heteroatoms. The van der Waals surface area contributed by atoms with Gasteiger partial charge in [-0.1, -0.05) is 6.92 Å². The second kappa shape index (κ2) is 11.0. The Kier molecular flexibility index (Phi) is 8.00. The Labute approximate surface area is 214 Å². The van der Waals surface area contributed by atoms with Crippen LogP contribution in [0.3, 0.4) is 0 Å². The van der Waals surface area contributed by atoms with E-state index in [1.54, 1.807) is 0 Å². The normalized spacial score (nSPS) is 25.0. The van der Waals surface area contributed by atoms with Crippen LogP contribution in [0.25, 0.3) is 0 Å². The molecule has 196 valence electrons. The van der Waals surface area contributed by atoms with E-state index in [-0.39, 0.29) is 17.8 Å². The lowest BCUT2D eigenvalue weighted by molar-refractivity contribution is 0.0996. The molecule has 2 heterocycles. The Bertz CT molecular complexity index is 1080. The summed E-state index contributed by atoms with van der Waals surface area (Å²) in [6.45, 7) is 10.6. The predicted octanol–water partition coefficient (Wildman–Crippen LogP) is 3.43. The first-order chi connectivity index (χ1) is 17.2. The molecule has 2 fully saturated rings. The van der Waals surface area contributed by atoms with Crippen LogP contribution in [-0.2, 0) is 6.42 Å². The van der Waals surface area contributed by atoms with Crippen molar-refractivity contribution in [1.29, 1.82) is 0 Å². The third kappa shape index (κ3) is 5.73. The van der Waals surface area contributed by atoms with Crippen LogP contribution in [0.4, 0.5) is 23.0 Å². The molecule has 2 aliphatic rings. The number of piperazine rings is 1. The maximum Gasteiger partial charge on any atom is 0.271 e. The van der Waals surface area contributed by atoms with Gasteiger partial charge in [-0.15, -0.1) is 0 Å². The van der Waals surface area contributed by atoms with Gasteiger partial charge in [0.1, 0.15) is 5.82 Å². The zero-order chi connectivity index (χ0) is 26.0. The minimum absolute atomic E-state index is 0.139. The Morgan fingerprint density at radius 3 is 2.47 bits per heavy atom. The number of carbonyl (C=O) groups is 1. The van der Waals surface area contributed by atoms with E-state index in [2.05, 4.69) is 65.4 Å². The fraction of sp³-hybridized carbons (Fsp3) is 0.593. The number of rotatable bonds is 7. The number of likely N-dealkylation sites (N-methyl/N-ethyl adjacent to an activating group) is 1. The number of nitrogens with one attached hydrogen (secondary N) is 2. The highest BCUT2D eigenvalue weighted by Crippen LogP contribution is 2.31. The van der Waals surface area contributed by atoms with Crippen molar-refractivity contribution in [3.63, 3.8) is 0 Å². The second-order valence-electron chi connectivity index (χ2n) is 10.5. The van der Waals surface area contributed by atoms with Gasteiger partial charge in [-0.3, -0.25) is 9.69 Å². The van der Waals surface area contributed by atoms with Crippen molar-refractivity contribution in [2.75, 3.05) is 35.7 Å². The van der Waals surface area contributed by atoms with Crippen LogP contribution >= 0.6 is 0 Å². The summed E-state index contributed by atoms with van der Waals surface area (Å²) >= 11 is 0. The number of anilines is 4. The molecule has 2 atom stereocenters. The summed E-state index contributed by atoms with van der Waals surface area (Å²) in [5, 5.41) is 16.6. The molecule has 0 unspecified atom stereocenters. The van der Waals surface area contributed by atoms with E-state index in [0.717, 1.165) is 50.0 Å². The number of aromatic nitrogens is 2. The lowest BCUT2D eigenvalue weighted by Crippen LogP contribution is -2.55. The quantitative estimate of drug-likeness (QED) is 0.461. The number of nitrogens with two attached hydrogens (primary N) is 1. The fourth-order valence-corrected chi connectivity index (χ4v) is 5.33. The Morgan fingerprint density at radius 1 is 1.11 bits per heavy atom. The third-order valence-corrected chi connectivity index (χ3v) is 7.64. The Balaban J connectivity index is 1.59.